The Bertz CT molecular complexity index is 770. The SMILES string of the molecule is Cc1cccc(CN2CCO[C@@H]3CN(c4ncccn4)CC[C@@H]3C2=O)n1. The molecule has 4 rings (SSSR count). The Morgan fingerprint density at radius 3 is 2.85 bits per heavy atom. The summed E-state index contributed by atoms with van der Waals surface area (Å²) in [5.41, 5.74) is 1.89. The molecular formula is C19H23N5O2. The van der Waals surface area contributed by atoms with Crippen molar-refractivity contribution in [1.29, 1.82) is 0 Å². The van der Waals surface area contributed by atoms with Crippen LogP contribution >= 0.6 is 0 Å². The summed E-state index contributed by atoms with van der Waals surface area (Å²) >= 11 is 0. The van der Waals surface area contributed by atoms with Crippen molar-refractivity contribution < 1.29 is 9.53 Å². The molecule has 4 heterocycles. The van der Waals surface area contributed by atoms with Gasteiger partial charge in [0.2, 0.25) is 11.9 Å². The quantitative estimate of drug-likeness (QED) is 0.831. The van der Waals surface area contributed by atoms with Gasteiger partial charge in [0.25, 0.3) is 0 Å². The van der Waals surface area contributed by atoms with Crippen LogP contribution in [0, 0.1) is 12.8 Å². The van der Waals surface area contributed by atoms with Gasteiger partial charge in [-0.15, -0.1) is 0 Å². The van der Waals surface area contributed by atoms with E-state index in [-0.39, 0.29) is 17.9 Å². The van der Waals surface area contributed by atoms with E-state index in [2.05, 4.69) is 19.9 Å². The number of ether oxygens (including phenoxy) is 1. The molecule has 0 spiro atoms. The maximum absolute atomic E-state index is 13.1. The molecule has 7 nitrogen and oxygen atoms in total. The van der Waals surface area contributed by atoms with Crippen molar-refractivity contribution in [3.05, 3.63) is 48.0 Å². The molecule has 0 radical (unpaired) electrons. The lowest BCUT2D eigenvalue weighted by atomic mass is 9.92. The Morgan fingerprint density at radius 2 is 2.04 bits per heavy atom. The summed E-state index contributed by atoms with van der Waals surface area (Å²) in [5, 5.41) is 0. The fourth-order valence-electron chi connectivity index (χ4n) is 3.70. The van der Waals surface area contributed by atoms with Crippen molar-refractivity contribution in [2.24, 2.45) is 5.92 Å². The first-order valence-corrected chi connectivity index (χ1v) is 9.05. The molecule has 0 bridgehead atoms. The van der Waals surface area contributed by atoms with E-state index in [0.29, 0.717) is 32.2 Å². The molecule has 2 saturated heterocycles. The second kappa shape index (κ2) is 7.37. The van der Waals surface area contributed by atoms with Crippen LogP contribution in [-0.4, -0.2) is 58.1 Å². The number of aryl methyl sites for hydroxylation is 1. The van der Waals surface area contributed by atoms with Gasteiger partial charge in [0.1, 0.15) is 0 Å². The van der Waals surface area contributed by atoms with Crippen LogP contribution in [0.5, 0.6) is 0 Å². The number of hydrogen-bond acceptors (Lipinski definition) is 6. The summed E-state index contributed by atoms with van der Waals surface area (Å²) in [6.45, 7) is 5.06. The van der Waals surface area contributed by atoms with Gasteiger partial charge in [-0.25, -0.2) is 9.97 Å². The number of aromatic nitrogens is 3. The number of hydrogen-bond donors (Lipinski definition) is 0. The number of piperidine rings is 1. The second-order valence-corrected chi connectivity index (χ2v) is 6.83. The van der Waals surface area contributed by atoms with Gasteiger partial charge >= 0.3 is 0 Å². The highest BCUT2D eigenvalue weighted by Gasteiger charge is 2.39. The van der Waals surface area contributed by atoms with E-state index in [0.717, 1.165) is 24.4 Å². The topological polar surface area (TPSA) is 71.5 Å². The molecule has 0 N–H and O–H groups in total. The molecule has 2 aliphatic heterocycles. The Labute approximate surface area is 153 Å². The van der Waals surface area contributed by atoms with Gasteiger partial charge in [0.05, 0.1) is 30.9 Å². The average molecular weight is 353 g/mol. The molecule has 0 aliphatic carbocycles. The van der Waals surface area contributed by atoms with Crippen LogP contribution in [0.3, 0.4) is 0 Å². The minimum absolute atomic E-state index is 0.109. The third-order valence-electron chi connectivity index (χ3n) is 5.01. The van der Waals surface area contributed by atoms with Crippen LogP contribution in [-0.2, 0) is 16.1 Å². The summed E-state index contributed by atoms with van der Waals surface area (Å²) < 4.78 is 6.04. The summed E-state index contributed by atoms with van der Waals surface area (Å²) in [6.07, 6.45) is 4.11. The highest BCUT2D eigenvalue weighted by Crippen LogP contribution is 2.27. The third kappa shape index (κ3) is 3.53. The number of carbonyl (C=O) groups excluding carboxylic acids is 1. The molecule has 2 fully saturated rings. The first-order chi connectivity index (χ1) is 12.7. The average Bonchev–Trinajstić information content (AvgIpc) is 2.81. The van der Waals surface area contributed by atoms with E-state index in [1.807, 2.05) is 30.0 Å². The molecule has 2 aliphatic rings. The van der Waals surface area contributed by atoms with Gasteiger partial charge in [0, 0.05) is 37.7 Å². The first-order valence-electron chi connectivity index (χ1n) is 9.05. The van der Waals surface area contributed by atoms with E-state index in [1.54, 1.807) is 18.5 Å². The molecule has 2 atom stereocenters. The van der Waals surface area contributed by atoms with Crippen LogP contribution < -0.4 is 4.90 Å². The monoisotopic (exact) mass is 353 g/mol. The summed E-state index contributed by atoms with van der Waals surface area (Å²) in [5.74, 6) is 0.763. The third-order valence-corrected chi connectivity index (χ3v) is 5.01. The van der Waals surface area contributed by atoms with Crippen LogP contribution in [0.2, 0.25) is 0 Å². The molecule has 2 aromatic rings. The van der Waals surface area contributed by atoms with Crippen molar-refractivity contribution >= 4 is 11.9 Å². The maximum atomic E-state index is 13.1. The zero-order chi connectivity index (χ0) is 17.9. The first kappa shape index (κ1) is 16.9. The van der Waals surface area contributed by atoms with Gasteiger partial charge < -0.3 is 14.5 Å². The smallest absolute Gasteiger partial charge is 0.228 e. The van der Waals surface area contributed by atoms with Gasteiger partial charge in [-0.2, -0.15) is 0 Å². The number of pyridine rings is 1. The molecule has 2 aromatic heterocycles. The molecule has 0 unspecified atom stereocenters. The minimum Gasteiger partial charge on any atom is -0.374 e. The molecule has 7 heteroatoms. The largest absolute Gasteiger partial charge is 0.374 e. The number of fused-ring (bicyclic) bond motifs is 1. The van der Waals surface area contributed by atoms with E-state index < -0.39 is 0 Å². The van der Waals surface area contributed by atoms with Crippen molar-refractivity contribution in [1.82, 2.24) is 19.9 Å². The van der Waals surface area contributed by atoms with Crippen molar-refractivity contribution in [2.75, 3.05) is 31.1 Å². The number of nitrogens with zero attached hydrogens (tertiary/aromatic N) is 5. The van der Waals surface area contributed by atoms with E-state index >= 15 is 0 Å². The molecule has 26 heavy (non-hydrogen) atoms. The molecule has 136 valence electrons. The molecule has 1 amide bonds. The zero-order valence-corrected chi connectivity index (χ0v) is 14.9. The normalized spacial score (nSPS) is 23.5. The summed E-state index contributed by atoms with van der Waals surface area (Å²) in [6, 6.07) is 7.73. The van der Waals surface area contributed by atoms with E-state index in [9.17, 15) is 4.79 Å². The lowest BCUT2D eigenvalue weighted by Gasteiger charge is -2.37. The Hall–Kier alpha value is -2.54. The molecule has 0 saturated carbocycles. The maximum Gasteiger partial charge on any atom is 0.228 e. The Kier molecular flexibility index (Phi) is 4.79. The fourth-order valence-corrected chi connectivity index (χ4v) is 3.70. The van der Waals surface area contributed by atoms with Crippen molar-refractivity contribution in [3.63, 3.8) is 0 Å². The van der Waals surface area contributed by atoms with Gasteiger partial charge in [-0.1, -0.05) is 6.07 Å². The van der Waals surface area contributed by atoms with Crippen LogP contribution in [0.25, 0.3) is 0 Å². The fraction of sp³-hybridized carbons (Fsp3) is 0.474. The Balaban J connectivity index is 1.46. The predicted octanol–water partition coefficient (Wildman–Crippen LogP) is 1.43. The lowest BCUT2D eigenvalue weighted by molar-refractivity contribution is -0.137. The van der Waals surface area contributed by atoms with Crippen LogP contribution in [0.15, 0.2) is 36.7 Å². The van der Waals surface area contributed by atoms with Gasteiger partial charge in [-0.3, -0.25) is 9.78 Å². The van der Waals surface area contributed by atoms with Crippen LogP contribution in [0.1, 0.15) is 17.8 Å². The van der Waals surface area contributed by atoms with Crippen molar-refractivity contribution in [2.45, 2.75) is 26.0 Å². The van der Waals surface area contributed by atoms with Crippen molar-refractivity contribution in [3.8, 4) is 0 Å². The number of anilines is 1. The number of amides is 1. The van der Waals surface area contributed by atoms with E-state index in [1.165, 1.54) is 0 Å². The second-order valence-electron chi connectivity index (χ2n) is 6.83. The predicted molar refractivity (Wildman–Crippen MR) is 96.5 cm³/mol. The van der Waals surface area contributed by atoms with E-state index in [4.69, 9.17) is 4.74 Å². The Morgan fingerprint density at radius 1 is 1.19 bits per heavy atom. The number of rotatable bonds is 3. The highest BCUT2D eigenvalue weighted by molar-refractivity contribution is 5.80. The van der Waals surface area contributed by atoms with Gasteiger partial charge in [-0.05, 0) is 31.5 Å². The lowest BCUT2D eigenvalue weighted by Crippen LogP contribution is -2.49. The standard InChI is InChI=1S/C19H23N5O2/c1-14-4-2-5-15(22-14)12-23-10-11-26-17-13-24(9-6-16(17)18(23)25)19-20-7-3-8-21-19/h2-5,7-8,16-17H,6,9-13H2,1H3/t16-,17+/m0/s1. The minimum atomic E-state index is -0.115. The summed E-state index contributed by atoms with van der Waals surface area (Å²) in [7, 11) is 0. The highest BCUT2D eigenvalue weighted by atomic mass is 16.5. The number of carbonyl (C=O) groups is 1. The molecular weight excluding hydrogens is 330 g/mol. The van der Waals surface area contributed by atoms with Gasteiger partial charge in [0.15, 0.2) is 0 Å². The molecule has 0 aromatic carbocycles. The summed E-state index contributed by atoms with van der Waals surface area (Å²) in [4.78, 5) is 30.2. The zero-order valence-electron chi connectivity index (χ0n) is 14.9. The van der Waals surface area contributed by atoms with Crippen LogP contribution in [0.4, 0.5) is 5.95 Å².